The Bertz CT molecular complexity index is 1430. The van der Waals surface area contributed by atoms with Gasteiger partial charge in [-0.25, -0.2) is 4.79 Å². The van der Waals surface area contributed by atoms with Gasteiger partial charge in [0, 0.05) is 23.5 Å². The average Bonchev–Trinajstić information content (AvgIpc) is 3.29. The van der Waals surface area contributed by atoms with Crippen LogP contribution in [0.2, 0.25) is 0 Å². The van der Waals surface area contributed by atoms with E-state index < -0.39 is 77.9 Å². The highest BCUT2D eigenvalue weighted by Crippen LogP contribution is 2.65. The lowest BCUT2D eigenvalue weighted by Crippen LogP contribution is -2.76. The van der Waals surface area contributed by atoms with Crippen LogP contribution in [0, 0.1) is 0 Å². The highest BCUT2D eigenvalue weighted by molar-refractivity contribution is 5.90. The first-order valence-corrected chi connectivity index (χ1v) is 11.0. The van der Waals surface area contributed by atoms with Crippen LogP contribution < -0.4 is 5.32 Å². The summed E-state index contributed by atoms with van der Waals surface area (Å²) in [5, 5.41) is 9.69. The number of carbonyl (C=O) groups excluding carboxylic acids is 1. The molecule has 2 aromatic rings. The maximum atomic E-state index is 14.2. The van der Waals surface area contributed by atoms with Gasteiger partial charge in [0.05, 0.1) is 0 Å². The second-order valence-corrected chi connectivity index (χ2v) is 9.02. The van der Waals surface area contributed by atoms with Crippen molar-refractivity contribution in [1.82, 2.24) is 10.3 Å². The predicted octanol–water partition coefficient (Wildman–Crippen LogP) is 6.92. The third kappa shape index (κ3) is 5.25. The molecule has 5 nitrogen and oxygen atoms in total. The van der Waals surface area contributed by atoms with Crippen LogP contribution in [0.3, 0.4) is 0 Å². The van der Waals surface area contributed by atoms with Crippen LogP contribution >= 0.6 is 0 Å². The fourth-order valence-corrected chi connectivity index (χ4v) is 3.47. The van der Waals surface area contributed by atoms with Crippen LogP contribution in [0.5, 0.6) is 0 Å². The molecule has 0 aliphatic heterocycles. The number of rotatable bonds is 12. The van der Waals surface area contributed by atoms with E-state index in [1.165, 1.54) is 24.3 Å². The molecule has 0 radical (unpaired) electrons. The molecule has 45 heavy (non-hydrogen) atoms. The molecule has 0 aliphatic carbocycles. The van der Waals surface area contributed by atoms with Gasteiger partial charge in [-0.05, 0) is 11.6 Å². The van der Waals surface area contributed by atoms with Gasteiger partial charge in [-0.3, -0.25) is 4.79 Å². The van der Waals surface area contributed by atoms with Gasteiger partial charge in [0.1, 0.15) is 6.04 Å². The van der Waals surface area contributed by atoms with Gasteiger partial charge in [-0.1, -0.05) is 18.2 Å². The van der Waals surface area contributed by atoms with Crippen molar-refractivity contribution >= 4 is 22.8 Å². The SMILES string of the molecule is O=C(O)[C@H](Cc1c[nH]c2ccccc12)NC(=O)C(F)(F)C(F)(F)C(F)(F)C(F)(F)C(F)(F)C(F)(F)C(F)(F)C(F)(F)C(F)(F)F. The van der Waals surface area contributed by atoms with Crippen molar-refractivity contribution in [2.24, 2.45) is 0 Å². The zero-order valence-corrected chi connectivity index (χ0v) is 20.6. The van der Waals surface area contributed by atoms with Gasteiger partial charge < -0.3 is 15.4 Å². The zero-order chi connectivity index (χ0) is 35.6. The quantitative estimate of drug-likeness (QED) is 0.211. The van der Waals surface area contributed by atoms with Gasteiger partial charge >= 0.3 is 59.5 Å². The summed E-state index contributed by atoms with van der Waals surface area (Å²) in [6.07, 6.45) is -8.23. The van der Waals surface area contributed by atoms with Crippen molar-refractivity contribution in [3.8, 4) is 0 Å². The summed E-state index contributed by atoms with van der Waals surface area (Å²) in [7, 11) is 0. The number of amides is 1. The van der Waals surface area contributed by atoms with Gasteiger partial charge in [-0.15, -0.1) is 0 Å². The molecule has 0 unspecified atom stereocenters. The molecule has 0 fully saturated rings. The number of aromatic amines is 1. The van der Waals surface area contributed by atoms with Crippen molar-refractivity contribution < 1.29 is 98.1 Å². The van der Waals surface area contributed by atoms with E-state index in [1.807, 2.05) is 0 Å². The first kappa shape index (κ1) is 37.6. The highest BCUT2D eigenvalue weighted by atomic mass is 19.4. The van der Waals surface area contributed by atoms with Crippen LogP contribution in [0.25, 0.3) is 10.9 Å². The Morgan fingerprint density at radius 3 is 1.47 bits per heavy atom. The molecule has 0 spiro atoms. The minimum absolute atomic E-state index is 0.0809. The smallest absolute Gasteiger partial charge is 0.460 e. The number of carbonyl (C=O) groups is 2. The van der Waals surface area contributed by atoms with Gasteiger partial charge in [0.25, 0.3) is 5.91 Å². The number of para-hydroxylation sites is 1. The van der Waals surface area contributed by atoms with Gasteiger partial charge in [0.2, 0.25) is 0 Å². The molecule has 256 valence electrons. The summed E-state index contributed by atoms with van der Waals surface area (Å²) < 4.78 is 256. The molecule has 0 bridgehead atoms. The molecule has 24 heteroatoms. The summed E-state index contributed by atoms with van der Waals surface area (Å²) in [6.45, 7) is 0. The second-order valence-electron chi connectivity index (χ2n) is 9.02. The summed E-state index contributed by atoms with van der Waals surface area (Å²) >= 11 is 0. The lowest BCUT2D eigenvalue weighted by molar-refractivity contribution is -0.467. The van der Waals surface area contributed by atoms with Crippen molar-refractivity contribution in [3.63, 3.8) is 0 Å². The number of carboxylic acid groups (broad SMARTS) is 1. The van der Waals surface area contributed by atoms with Crippen molar-refractivity contribution in [2.75, 3.05) is 0 Å². The average molecular weight is 700 g/mol. The number of hydrogen-bond donors (Lipinski definition) is 3. The van der Waals surface area contributed by atoms with E-state index in [1.54, 1.807) is 0 Å². The van der Waals surface area contributed by atoms with E-state index in [9.17, 15) is 93.0 Å². The van der Waals surface area contributed by atoms with Gasteiger partial charge in [0.15, 0.2) is 0 Å². The summed E-state index contributed by atoms with van der Waals surface area (Å²) in [5.74, 6) is -75.8. The molecule has 2 rings (SSSR count). The van der Waals surface area contributed by atoms with Crippen LogP contribution in [-0.2, 0) is 16.0 Å². The number of benzene rings is 1. The molecule has 0 aliphatic rings. The molecule has 1 heterocycles. The topological polar surface area (TPSA) is 82.2 Å². The zero-order valence-electron chi connectivity index (χ0n) is 20.6. The fraction of sp³-hybridized carbons (Fsp3) is 0.524. The number of fused-ring (bicyclic) bond motifs is 1. The lowest BCUT2D eigenvalue weighted by Gasteiger charge is -2.43. The van der Waals surface area contributed by atoms with Crippen LogP contribution in [0.4, 0.5) is 83.4 Å². The molecule has 1 aromatic carbocycles. The minimum Gasteiger partial charge on any atom is -0.480 e. The Kier molecular flexibility index (Phi) is 8.95. The largest absolute Gasteiger partial charge is 0.480 e. The number of hydrogen-bond acceptors (Lipinski definition) is 2. The summed E-state index contributed by atoms with van der Waals surface area (Å²) in [6, 6.07) is 2.44. The van der Waals surface area contributed by atoms with Crippen LogP contribution in [0.1, 0.15) is 5.56 Å². The Morgan fingerprint density at radius 1 is 0.644 bits per heavy atom. The Labute approximate surface area is 234 Å². The summed E-state index contributed by atoms with van der Waals surface area (Å²) in [5.41, 5.74) is -0.0123. The van der Waals surface area contributed by atoms with E-state index in [0.717, 1.165) is 6.20 Å². The number of aromatic nitrogens is 1. The number of carboxylic acids is 1. The second kappa shape index (κ2) is 10.7. The number of aliphatic carboxylic acids is 1. The number of alkyl halides is 19. The Hall–Kier alpha value is -3.63. The standard InChI is InChI=1S/C21H11F19N2O3/c22-13(23,12(45)42-10(11(43)44)5-7-6-41-9-4-2-1-3-8(7)9)14(24,25)15(26,27)16(28,29)17(30,31)18(32,33)19(34,35)20(36,37)21(38,39)40/h1-4,6,10,41H,5H2,(H,42,45)(H,43,44)/t10-/m0/s1. The van der Waals surface area contributed by atoms with E-state index in [0.29, 0.717) is 5.32 Å². The van der Waals surface area contributed by atoms with Crippen LogP contribution in [0.15, 0.2) is 30.5 Å². The molecule has 0 saturated carbocycles. The predicted molar refractivity (Wildman–Crippen MR) is 107 cm³/mol. The highest BCUT2D eigenvalue weighted by Gasteiger charge is 2.97. The third-order valence-corrected chi connectivity index (χ3v) is 6.10. The van der Waals surface area contributed by atoms with E-state index in [-0.39, 0.29) is 16.5 Å². The number of nitrogens with one attached hydrogen (secondary N) is 2. The summed E-state index contributed by atoms with van der Waals surface area (Å²) in [4.78, 5) is 25.6. The molecular weight excluding hydrogens is 689 g/mol. The maximum absolute atomic E-state index is 14.2. The van der Waals surface area contributed by atoms with Crippen molar-refractivity contribution in [3.05, 3.63) is 36.0 Å². The van der Waals surface area contributed by atoms with E-state index in [2.05, 4.69) is 4.98 Å². The molecule has 3 N–H and O–H groups in total. The minimum atomic E-state index is -9.14. The fourth-order valence-electron chi connectivity index (χ4n) is 3.47. The monoisotopic (exact) mass is 700 g/mol. The molecule has 1 aromatic heterocycles. The number of H-pyrrole nitrogens is 1. The maximum Gasteiger partial charge on any atom is 0.460 e. The van der Waals surface area contributed by atoms with E-state index in [4.69, 9.17) is 5.11 Å². The Morgan fingerprint density at radius 2 is 1.04 bits per heavy atom. The van der Waals surface area contributed by atoms with E-state index >= 15 is 0 Å². The Balaban J connectivity index is 2.53. The lowest BCUT2D eigenvalue weighted by atomic mass is 9.87. The van der Waals surface area contributed by atoms with Crippen molar-refractivity contribution in [2.45, 2.75) is 66.0 Å². The molecule has 0 saturated heterocycles. The van der Waals surface area contributed by atoms with Gasteiger partial charge in [-0.2, -0.15) is 83.4 Å². The molecule has 1 amide bonds. The first-order valence-electron chi connectivity index (χ1n) is 11.0. The molecule has 1 atom stereocenters. The first-order chi connectivity index (χ1) is 19.8. The number of halogens is 19. The molecular formula is C21H11F19N2O3. The van der Waals surface area contributed by atoms with Crippen LogP contribution in [-0.4, -0.2) is 81.6 Å². The van der Waals surface area contributed by atoms with Crippen molar-refractivity contribution in [1.29, 1.82) is 0 Å². The normalized spacial score (nSPS) is 15.7. The third-order valence-electron chi connectivity index (χ3n) is 6.10.